The molecule has 2 nitrogen and oxygen atoms in total. The summed E-state index contributed by atoms with van der Waals surface area (Å²) in [6, 6.07) is 0.800. The molecule has 2 unspecified atom stereocenters. The van der Waals surface area contributed by atoms with Gasteiger partial charge in [-0.2, -0.15) is 0 Å². The molecular weight excluding hydrogens is 160 g/mol. The molecule has 2 saturated carbocycles. The molecule has 0 bridgehead atoms. The van der Waals surface area contributed by atoms with Crippen molar-refractivity contribution >= 4 is 0 Å². The summed E-state index contributed by atoms with van der Waals surface area (Å²) >= 11 is 0. The normalized spacial score (nSPS) is 40.6. The van der Waals surface area contributed by atoms with Crippen molar-refractivity contribution in [1.82, 2.24) is 5.32 Å². The highest BCUT2D eigenvalue weighted by Gasteiger charge is 2.37. The van der Waals surface area contributed by atoms with Crippen LogP contribution in [-0.4, -0.2) is 18.1 Å². The fraction of sp³-hybridized carbons (Fsp3) is 1.00. The van der Waals surface area contributed by atoms with Gasteiger partial charge < -0.3 is 11.1 Å². The minimum absolute atomic E-state index is 0.304. The summed E-state index contributed by atoms with van der Waals surface area (Å²) < 4.78 is 0. The van der Waals surface area contributed by atoms with E-state index in [0.29, 0.717) is 5.54 Å². The lowest BCUT2D eigenvalue weighted by molar-refractivity contribution is 0.191. The molecule has 2 atom stereocenters. The zero-order valence-electron chi connectivity index (χ0n) is 8.68. The fourth-order valence-electron chi connectivity index (χ4n) is 2.70. The van der Waals surface area contributed by atoms with Crippen molar-refractivity contribution in [1.29, 1.82) is 0 Å². The molecule has 2 heteroatoms. The average molecular weight is 182 g/mol. The third kappa shape index (κ3) is 2.23. The Morgan fingerprint density at radius 2 is 2.15 bits per heavy atom. The molecular formula is C11H22N2. The Hall–Kier alpha value is -0.0800. The highest BCUT2D eigenvalue weighted by atomic mass is 15.1. The molecule has 0 amide bonds. The Labute approximate surface area is 81.3 Å². The van der Waals surface area contributed by atoms with E-state index in [4.69, 9.17) is 5.73 Å². The second-order valence-corrected chi connectivity index (χ2v) is 5.10. The van der Waals surface area contributed by atoms with Gasteiger partial charge in [0.05, 0.1) is 0 Å². The maximum Gasteiger partial charge on any atom is 0.0308 e. The van der Waals surface area contributed by atoms with E-state index in [1.54, 1.807) is 0 Å². The monoisotopic (exact) mass is 182 g/mol. The maximum absolute atomic E-state index is 5.91. The van der Waals surface area contributed by atoms with Crippen molar-refractivity contribution in [2.45, 2.75) is 57.0 Å². The van der Waals surface area contributed by atoms with Crippen LogP contribution in [0.2, 0.25) is 0 Å². The van der Waals surface area contributed by atoms with Crippen LogP contribution >= 0.6 is 0 Å². The van der Waals surface area contributed by atoms with Gasteiger partial charge in [0.15, 0.2) is 0 Å². The quantitative estimate of drug-likeness (QED) is 0.696. The van der Waals surface area contributed by atoms with E-state index in [0.717, 1.165) is 18.5 Å². The lowest BCUT2D eigenvalue weighted by Gasteiger charge is -2.40. The van der Waals surface area contributed by atoms with E-state index >= 15 is 0 Å². The van der Waals surface area contributed by atoms with Gasteiger partial charge in [-0.05, 0) is 31.6 Å². The molecule has 3 N–H and O–H groups in total. The Kier molecular flexibility index (Phi) is 2.61. The smallest absolute Gasteiger partial charge is 0.0308 e. The number of hydrogen-bond acceptors (Lipinski definition) is 2. The number of nitrogens with one attached hydrogen (secondary N) is 1. The summed E-state index contributed by atoms with van der Waals surface area (Å²) in [7, 11) is 0. The summed E-state index contributed by atoms with van der Waals surface area (Å²) in [6.45, 7) is 3.19. The van der Waals surface area contributed by atoms with Crippen molar-refractivity contribution in [3.63, 3.8) is 0 Å². The Bertz CT molecular complexity index is 173. The molecule has 2 aliphatic rings. The van der Waals surface area contributed by atoms with Crippen molar-refractivity contribution in [3.8, 4) is 0 Å². The Morgan fingerprint density at radius 1 is 1.38 bits per heavy atom. The van der Waals surface area contributed by atoms with Gasteiger partial charge in [0.2, 0.25) is 0 Å². The van der Waals surface area contributed by atoms with E-state index in [1.165, 1.54) is 38.5 Å². The molecule has 2 rings (SSSR count). The predicted octanol–water partition coefficient (Wildman–Crippen LogP) is 1.65. The van der Waals surface area contributed by atoms with Crippen LogP contribution in [0.3, 0.4) is 0 Å². The topological polar surface area (TPSA) is 38.0 Å². The minimum atomic E-state index is 0.304. The Balaban J connectivity index is 1.94. The van der Waals surface area contributed by atoms with E-state index < -0.39 is 0 Å². The maximum atomic E-state index is 5.91. The highest BCUT2D eigenvalue weighted by Crippen LogP contribution is 2.34. The van der Waals surface area contributed by atoms with Crippen LogP contribution < -0.4 is 11.1 Å². The third-order valence-corrected chi connectivity index (χ3v) is 3.57. The SMILES string of the molecule is CC1CCCC(CN)(NC2CC2)C1. The zero-order valence-corrected chi connectivity index (χ0v) is 8.68. The molecule has 0 radical (unpaired) electrons. The number of rotatable bonds is 3. The average Bonchev–Trinajstić information content (AvgIpc) is 2.88. The lowest BCUT2D eigenvalue weighted by atomic mass is 9.76. The van der Waals surface area contributed by atoms with E-state index in [9.17, 15) is 0 Å². The third-order valence-electron chi connectivity index (χ3n) is 3.57. The van der Waals surface area contributed by atoms with Crippen LogP contribution in [-0.2, 0) is 0 Å². The van der Waals surface area contributed by atoms with Gasteiger partial charge in [-0.15, -0.1) is 0 Å². The molecule has 0 saturated heterocycles. The van der Waals surface area contributed by atoms with Gasteiger partial charge >= 0.3 is 0 Å². The van der Waals surface area contributed by atoms with Gasteiger partial charge in [0.1, 0.15) is 0 Å². The van der Waals surface area contributed by atoms with Crippen LogP contribution in [0.5, 0.6) is 0 Å². The molecule has 0 aromatic carbocycles. The Morgan fingerprint density at radius 3 is 2.69 bits per heavy atom. The molecule has 0 aromatic heterocycles. The number of nitrogens with two attached hydrogens (primary N) is 1. The van der Waals surface area contributed by atoms with Gasteiger partial charge in [-0.25, -0.2) is 0 Å². The molecule has 0 spiro atoms. The van der Waals surface area contributed by atoms with Gasteiger partial charge in [0, 0.05) is 18.1 Å². The van der Waals surface area contributed by atoms with Crippen LogP contribution in [0.25, 0.3) is 0 Å². The molecule has 0 aromatic rings. The second-order valence-electron chi connectivity index (χ2n) is 5.10. The summed E-state index contributed by atoms with van der Waals surface area (Å²) in [4.78, 5) is 0. The van der Waals surface area contributed by atoms with Gasteiger partial charge in [0.25, 0.3) is 0 Å². The van der Waals surface area contributed by atoms with Crippen molar-refractivity contribution < 1.29 is 0 Å². The van der Waals surface area contributed by atoms with Crippen LogP contribution in [0.15, 0.2) is 0 Å². The highest BCUT2D eigenvalue weighted by molar-refractivity contribution is 4.98. The first-order valence-corrected chi connectivity index (χ1v) is 5.72. The summed E-state index contributed by atoms with van der Waals surface area (Å²) in [5, 5.41) is 3.76. The molecule has 0 heterocycles. The first kappa shape index (κ1) is 9.47. The molecule has 76 valence electrons. The van der Waals surface area contributed by atoms with Crippen molar-refractivity contribution in [3.05, 3.63) is 0 Å². The van der Waals surface area contributed by atoms with Crippen molar-refractivity contribution in [2.24, 2.45) is 11.7 Å². The van der Waals surface area contributed by atoms with Crippen molar-refractivity contribution in [2.75, 3.05) is 6.54 Å². The summed E-state index contributed by atoms with van der Waals surface area (Å²) in [5.74, 6) is 0.864. The first-order valence-electron chi connectivity index (χ1n) is 5.72. The number of hydrogen-bond donors (Lipinski definition) is 2. The largest absolute Gasteiger partial charge is 0.329 e. The molecule has 13 heavy (non-hydrogen) atoms. The van der Waals surface area contributed by atoms with Crippen LogP contribution in [0, 0.1) is 5.92 Å². The molecule has 0 aliphatic heterocycles. The van der Waals surface area contributed by atoms with Crippen LogP contribution in [0.1, 0.15) is 45.4 Å². The van der Waals surface area contributed by atoms with E-state index in [2.05, 4.69) is 12.2 Å². The van der Waals surface area contributed by atoms with E-state index in [1.807, 2.05) is 0 Å². The summed E-state index contributed by atoms with van der Waals surface area (Å²) in [5.41, 5.74) is 6.22. The summed E-state index contributed by atoms with van der Waals surface area (Å²) in [6.07, 6.45) is 8.09. The predicted molar refractivity (Wildman–Crippen MR) is 55.6 cm³/mol. The van der Waals surface area contributed by atoms with Gasteiger partial charge in [-0.1, -0.05) is 19.8 Å². The lowest BCUT2D eigenvalue weighted by Crippen LogP contribution is -2.54. The van der Waals surface area contributed by atoms with Crippen LogP contribution in [0.4, 0.5) is 0 Å². The molecule has 2 aliphatic carbocycles. The zero-order chi connectivity index (χ0) is 9.31. The van der Waals surface area contributed by atoms with E-state index in [-0.39, 0.29) is 0 Å². The first-order chi connectivity index (χ1) is 6.24. The minimum Gasteiger partial charge on any atom is -0.329 e. The fourth-order valence-corrected chi connectivity index (χ4v) is 2.70. The van der Waals surface area contributed by atoms with Gasteiger partial charge in [-0.3, -0.25) is 0 Å². The second kappa shape index (κ2) is 3.58. The standard InChI is InChI=1S/C11H22N2/c1-9-3-2-6-11(7-9,8-12)13-10-4-5-10/h9-10,13H,2-8,12H2,1H3. The molecule has 2 fully saturated rings.